The van der Waals surface area contributed by atoms with Crippen molar-refractivity contribution in [3.8, 4) is 0 Å². The van der Waals surface area contributed by atoms with Gasteiger partial charge >= 0.3 is 6.09 Å². The van der Waals surface area contributed by atoms with Gasteiger partial charge in [0.15, 0.2) is 5.96 Å². The van der Waals surface area contributed by atoms with E-state index in [2.05, 4.69) is 63.8 Å². The molecule has 228 valence electrons. The third-order valence-corrected chi connectivity index (χ3v) is 10.4. The van der Waals surface area contributed by atoms with Gasteiger partial charge in [-0.2, -0.15) is 0 Å². The fourth-order valence-electron chi connectivity index (χ4n) is 7.15. The summed E-state index contributed by atoms with van der Waals surface area (Å²) in [4.78, 5) is 27.5. The van der Waals surface area contributed by atoms with Crippen LogP contribution in [0.4, 0.5) is 10.5 Å². The molecule has 2 N–H and O–H groups in total. The third kappa shape index (κ3) is 7.40. The Morgan fingerprint density at radius 1 is 1.02 bits per heavy atom. The minimum absolute atomic E-state index is 0.00533. The van der Waals surface area contributed by atoms with Crippen molar-refractivity contribution in [2.24, 2.45) is 16.6 Å². The number of fused-ring (bicyclic) bond motifs is 1. The van der Waals surface area contributed by atoms with Crippen molar-refractivity contribution in [3.05, 3.63) is 81.3 Å². The van der Waals surface area contributed by atoms with Gasteiger partial charge in [-0.25, -0.2) is 14.8 Å². The van der Waals surface area contributed by atoms with E-state index >= 15 is 0 Å². The number of aryl methyl sites for hydroxylation is 1. The summed E-state index contributed by atoms with van der Waals surface area (Å²) < 4.78 is 6.26. The Balaban J connectivity index is 1.20. The molecule has 2 aliphatic carbocycles. The fraction of sp³-hybridized carbons (Fsp3) is 0.514. The largest absolute Gasteiger partial charge is 0.447 e. The molecule has 1 atom stereocenters. The Bertz CT molecular complexity index is 1390. The number of hydrogen-bond donors (Lipinski definition) is 1. The highest BCUT2D eigenvalue weighted by Crippen LogP contribution is 2.34. The number of benzene rings is 2. The maximum Gasteiger partial charge on any atom is 0.410 e. The number of nitrogens with zero attached hydrogens (tertiary/aromatic N) is 4. The Labute approximate surface area is 260 Å². The zero-order valence-corrected chi connectivity index (χ0v) is 26.2. The lowest BCUT2D eigenvalue weighted by molar-refractivity contribution is 0.0398. The number of aromatic nitrogens is 1. The Hall–Kier alpha value is -3.39. The highest BCUT2D eigenvalue weighted by molar-refractivity contribution is 7.09. The lowest BCUT2D eigenvalue weighted by Gasteiger charge is -2.41. The molecule has 43 heavy (non-hydrogen) atoms. The fourth-order valence-corrected chi connectivity index (χ4v) is 7.92. The van der Waals surface area contributed by atoms with Crippen LogP contribution in [0.5, 0.6) is 0 Å². The quantitative estimate of drug-likeness (QED) is 0.272. The van der Waals surface area contributed by atoms with Crippen LogP contribution in [0.15, 0.2) is 58.9 Å². The zero-order valence-electron chi connectivity index (χ0n) is 25.4. The minimum Gasteiger partial charge on any atom is -0.447 e. The predicted octanol–water partition coefficient (Wildman–Crippen LogP) is 7.72. The van der Waals surface area contributed by atoms with E-state index in [4.69, 9.17) is 15.5 Å². The normalized spacial score (nSPS) is 18.5. The first-order valence-electron chi connectivity index (χ1n) is 16.1. The number of carbonyl (C=O) groups is 1. The number of rotatable bonds is 9. The first-order chi connectivity index (χ1) is 21.0. The van der Waals surface area contributed by atoms with Crippen LogP contribution in [0, 0.1) is 12.8 Å². The number of amides is 1. The van der Waals surface area contributed by atoms with E-state index in [1.54, 1.807) is 11.3 Å². The van der Waals surface area contributed by atoms with Gasteiger partial charge in [-0.1, -0.05) is 81.0 Å². The predicted molar refractivity (Wildman–Crippen MR) is 173 cm³/mol. The molecule has 1 aliphatic heterocycles. The van der Waals surface area contributed by atoms with Crippen LogP contribution < -0.4 is 5.73 Å². The molecule has 8 heteroatoms. The maximum absolute atomic E-state index is 13.8. The Morgan fingerprint density at radius 2 is 1.77 bits per heavy atom. The number of thiazole rings is 1. The number of ether oxygens (including phenoxy) is 1. The number of hydrogen-bond acceptors (Lipinski definition) is 7. The molecule has 2 saturated carbocycles. The second kappa shape index (κ2) is 13.9. The van der Waals surface area contributed by atoms with E-state index < -0.39 is 0 Å². The molecule has 3 aliphatic rings. The summed E-state index contributed by atoms with van der Waals surface area (Å²) in [5.74, 6) is 0.937. The van der Waals surface area contributed by atoms with Gasteiger partial charge in [-0.3, -0.25) is 4.90 Å². The molecule has 0 saturated heterocycles. The molecule has 0 radical (unpaired) electrons. The molecule has 2 fully saturated rings. The Morgan fingerprint density at radius 3 is 2.49 bits per heavy atom. The lowest BCUT2D eigenvalue weighted by atomic mass is 9.83. The van der Waals surface area contributed by atoms with Gasteiger partial charge < -0.3 is 15.4 Å². The molecular formula is C35H45N5O2S. The SMILES string of the molecule is Cc1csc(CN(C(=O)OC[C@@H](C2CCCCC2)N2Cc3cc(Cc4ccccc4)ccc3N=C2N)C2CCCCC2)n1. The number of aliphatic imine (C=N–C) groups is 1. The van der Waals surface area contributed by atoms with Gasteiger partial charge in [-0.05, 0) is 67.7 Å². The van der Waals surface area contributed by atoms with Gasteiger partial charge in [0.2, 0.25) is 0 Å². The molecule has 1 amide bonds. The van der Waals surface area contributed by atoms with Crippen molar-refractivity contribution in [1.29, 1.82) is 0 Å². The molecule has 6 rings (SSSR count). The number of carbonyl (C=O) groups excluding carboxylic acids is 1. The smallest absolute Gasteiger partial charge is 0.410 e. The highest BCUT2D eigenvalue weighted by atomic mass is 32.1. The standard InChI is InChI=1S/C35H45N5O2S/c1-25-24-43-33(37-25)22-39(30-15-9-4-10-16-30)35(41)42-23-32(28-13-7-3-8-14-28)40-21-29-20-27(17-18-31(29)38-34(40)36)19-26-11-5-2-6-12-26/h2,5-6,11-12,17-18,20,24,28,30,32H,3-4,7-10,13-16,19,21-23H2,1H3,(H2,36,38)/t32-/m0/s1. The van der Waals surface area contributed by atoms with Crippen LogP contribution in [-0.4, -0.2) is 45.5 Å². The van der Waals surface area contributed by atoms with Gasteiger partial charge in [0, 0.05) is 23.7 Å². The summed E-state index contributed by atoms with van der Waals surface area (Å²) in [6.45, 7) is 3.52. The molecule has 7 nitrogen and oxygen atoms in total. The first kappa shape index (κ1) is 29.7. The van der Waals surface area contributed by atoms with Gasteiger partial charge in [-0.15, -0.1) is 11.3 Å². The summed E-state index contributed by atoms with van der Waals surface area (Å²) in [7, 11) is 0. The van der Waals surface area contributed by atoms with E-state index in [-0.39, 0.29) is 18.2 Å². The summed E-state index contributed by atoms with van der Waals surface area (Å²) >= 11 is 1.62. The van der Waals surface area contributed by atoms with E-state index in [1.807, 2.05) is 11.8 Å². The van der Waals surface area contributed by atoms with Crippen LogP contribution in [0.25, 0.3) is 0 Å². The summed E-state index contributed by atoms with van der Waals surface area (Å²) in [6, 6.07) is 17.3. The average Bonchev–Trinajstić information content (AvgIpc) is 3.46. The van der Waals surface area contributed by atoms with Gasteiger partial charge in [0.05, 0.1) is 18.3 Å². The van der Waals surface area contributed by atoms with Crippen molar-refractivity contribution < 1.29 is 9.53 Å². The van der Waals surface area contributed by atoms with Crippen molar-refractivity contribution in [3.63, 3.8) is 0 Å². The second-order valence-corrected chi connectivity index (χ2v) is 13.5. The van der Waals surface area contributed by atoms with Crippen molar-refractivity contribution in [2.45, 2.75) is 103 Å². The monoisotopic (exact) mass is 599 g/mol. The van der Waals surface area contributed by atoms with E-state index in [9.17, 15) is 4.79 Å². The Kier molecular flexibility index (Phi) is 9.61. The molecule has 2 heterocycles. The van der Waals surface area contributed by atoms with Crippen LogP contribution >= 0.6 is 11.3 Å². The number of guanidine groups is 1. The summed E-state index contributed by atoms with van der Waals surface area (Å²) in [5.41, 5.74) is 12.3. The average molecular weight is 600 g/mol. The van der Waals surface area contributed by atoms with Crippen LogP contribution in [0.1, 0.15) is 91.6 Å². The zero-order chi connectivity index (χ0) is 29.6. The molecule has 0 unspecified atom stereocenters. The van der Waals surface area contributed by atoms with E-state index in [0.717, 1.165) is 61.3 Å². The lowest BCUT2D eigenvalue weighted by Crippen LogP contribution is -2.52. The van der Waals surface area contributed by atoms with Crippen molar-refractivity contribution in [1.82, 2.24) is 14.8 Å². The van der Waals surface area contributed by atoms with Crippen LogP contribution in [0.2, 0.25) is 0 Å². The van der Waals surface area contributed by atoms with Gasteiger partial charge in [0.25, 0.3) is 0 Å². The molecule has 2 aromatic carbocycles. The van der Waals surface area contributed by atoms with E-state index in [0.29, 0.717) is 31.6 Å². The summed E-state index contributed by atoms with van der Waals surface area (Å²) in [6.07, 6.45) is 12.2. The third-order valence-electron chi connectivity index (χ3n) is 9.46. The first-order valence-corrected chi connectivity index (χ1v) is 17.0. The van der Waals surface area contributed by atoms with E-state index in [1.165, 1.54) is 42.4 Å². The van der Waals surface area contributed by atoms with Crippen molar-refractivity contribution >= 4 is 29.1 Å². The second-order valence-electron chi connectivity index (χ2n) is 12.6. The molecule has 3 aromatic rings. The minimum atomic E-state index is -0.223. The maximum atomic E-state index is 13.8. The molecular weight excluding hydrogens is 554 g/mol. The topological polar surface area (TPSA) is 84.0 Å². The highest BCUT2D eigenvalue weighted by Gasteiger charge is 2.35. The van der Waals surface area contributed by atoms with Gasteiger partial charge in [0.1, 0.15) is 11.6 Å². The van der Waals surface area contributed by atoms with Crippen molar-refractivity contribution in [2.75, 3.05) is 6.61 Å². The van der Waals surface area contributed by atoms with Crippen LogP contribution in [0.3, 0.4) is 0 Å². The van der Waals surface area contributed by atoms with Crippen LogP contribution in [-0.2, 0) is 24.2 Å². The molecule has 0 spiro atoms. The number of nitrogens with two attached hydrogens (primary N) is 1. The summed E-state index contributed by atoms with van der Waals surface area (Å²) in [5, 5.41) is 3.03. The molecule has 1 aromatic heterocycles. The molecule has 0 bridgehead atoms.